The molecule has 0 spiro atoms. The summed E-state index contributed by atoms with van der Waals surface area (Å²) >= 11 is 0. The Hall–Kier alpha value is -2.15. The predicted molar refractivity (Wildman–Crippen MR) is 103 cm³/mol. The molecule has 0 aromatic heterocycles. The average Bonchev–Trinajstić information content (AvgIpc) is 2.59. The summed E-state index contributed by atoms with van der Waals surface area (Å²) < 4.78 is 6.66. The van der Waals surface area contributed by atoms with E-state index in [0.717, 1.165) is 0 Å². The van der Waals surface area contributed by atoms with Gasteiger partial charge in [0.2, 0.25) is 0 Å². The van der Waals surface area contributed by atoms with Crippen LogP contribution in [0.2, 0.25) is 5.04 Å². The smallest absolute Gasteiger partial charge is 0.263 e. The molecule has 1 atom stereocenters. The van der Waals surface area contributed by atoms with Gasteiger partial charge in [0.05, 0.1) is 6.07 Å². The summed E-state index contributed by atoms with van der Waals surface area (Å²) in [6, 6.07) is 23.1. The van der Waals surface area contributed by atoms with Crippen molar-refractivity contribution in [2.24, 2.45) is 0 Å². The normalized spacial score (nSPS) is 13.6. The van der Waals surface area contributed by atoms with Crippen LogP contribution >= 0.6 is 0 Å². The lowest BCUT2D eigenvalue weighted by Gasteiger charge is -2.43. The van der Waals surface area contributed by atoms with Crippen LogP contribution in [0.15, 0.2) is 72.8 Å². The molecule has 0 fully saturated rings. The van der Waals surface area contributed by atoms with Crippen LogP contribution in [0.25, 0.3) is 0 Å². The van der Waals surface area contributed by atoms with Crippen molar-refractivity contribution in [3.05, 3.63) is 72.8 Å². The molecule has 0 aliphatic carbocycles. The minimum atomic E-state index is -2.64. The minimum Gasteiger partial charge on any atom is -0.389 e. The van der Waals surface area contributed by atoms with E-state index in [1.165, 1.54) is 10.4 Å². The van der Waals surface area contributed by atoms with E-state index in [0.29, 0.717) is 0 Å². The highest BCUT2D eigenvalue weighted by atomic mass is 28.4. The maximum absolute atomic E-state index is 9.58. The van der Waals surface area contributed by atoms with E-state index in [1.807, 2.05) is 55.5 Å². The summed E-state index contributed by atoms with van der Waals surface area (Å²) in [5, 5.41) is 11.8. The third-order valence-corrected chi connectivity index (χ3v) is 9.23. The summed E-state index contributed by atoms with van der Waals surface area (Å²) in [7, 11) is -2.64. The quantitative estimate of drug-likeness (QED) is 0.610. The number of hydrogen-bond donors (Lipinski definition) is 0. The molecule has 0 radical (unpaired) electrons. The maximum atomic E-state index is 9.58. The van der Waals surface area contributed by atoms with Crippen LogP contribution in [0.3, 0.4) is 0 Å². The van der Waals surface area contributed by atoms with Gasteiger partial charge < -0.3 is 4.43 Å². The third kappa shape index (κ3) is 3.51. The molecule has 124 valence electrons. The van der Waals surface area contributed by atoms with Crippen molar-refractivity contribution >= 4 is 18.7 Å². The Bertz CT molecular complexity index is 671. The Morgan fingerprint density at radius 1 is 0.958 bits per heavy atom. The van der Waals surface area contributed by atoms with Gasteiger partial charge in [-0.3, -0.25) is 0 Å². The van der Waals surface area contributed by atoms with E-state index >= 15 is 0 Å². The summed E-state index contributed by atoms with van der Waals surface area (Å²) in [6.07, 6.45) is 3.16. The molecule has 0 aliphatic rings. The van der Waals surface area contributed by atoms with Crippen LogP contribution in [0.5, 0.6) is 0 Å². The van der Waals surface area contributed by atoms with E-state index in [1.54, 1.807) is 0 Å². The molecule has 0 unspecified atom stereocenters. The highest BCUT2D eigenvalue weighted by molar-refractivity contribution is 6.99. The molecule has 24 heavy (non-hydrogen) atoms. The fraction of sp³-hybridized carbons (Fsp3) is 0.286. The lowest BCUT2D eigenvalue weighted by Crippen LogP contribution is -2.67. The van der Waals surface area contributed by atoms with E-state index in [9.17, 15) is 5.26 Å². The van der Waals surface area contributed by atoms with Crippen LogP contribution in [0, 0.1) is 11.3 Å². The maximum Gasteiger partial charge on any atom is 0.263 e. The van der Waals surface area contributed by atoms with Crippen molar-refractivity contribution in [3.8, 4) is 6.07 Å². The van der Waals surface area contributed by atoms with E-state index in [-0.39, 0.29) is 5.04 Å². The number of hydrogen-bond acceptors (Lipinski definition) is 2. The fourth-order valence-corrected chi connectivity index (χ4v) is 7.69. The second-order valence-electron chi connectivity index (χ2n) is 6.86. The highest BCUT2D eigenvalue weighted by Gasteiger charge is 2.51. The van der Waals surface area contributed by atoms with Gasteiger partial charge in [-0.15, -0.1) is 0 Å². The first-order valence-corrected chi connectivity index (χ1v) is 10.2. The van der Waals surface area contributed by atoms with Gasteiger partial charge in [0.1, 0.15) is 0 Å². The van der Waals surface area contributed by atoms with Crippen LogP contribution in [-0.4, -0.2) is 14.4 Å². The molecule has 0 heterocycles. The predicted octanol–water partition coefficient (Wildman–Crippen LogP) is 4.03. The van der Waals surface area contributed by atoms with Crippen molar-refractivity contribution in [1.29, 1.82) is 5.26 Å². The zero-order chi connectivity index (χ0) is 17.6. The summed E-state index contributed by atoms with van der Waals surface area (Å²) in [4.78, 5) is 0. The van der Waals surface area contributed by atoms with Crippen LogP contribution in [-0.2, 0) is 4.43 Å². The molecule has 2 nitrogen and oxygen atoms in total. The first-order chi connectivity index (χ1) is 11.5. The standard InChI is InChI=1S/C21H25NOSi/c1-5-12-18(17-22)23-24(21(2,3)4,19-13-8-6-9-14-19)20-15-10-7-11-16-20/h5-16,18H,1-4H3/b12-5+/t18-/m1/s1. The van der Waals surface area contributed by atoms with E-state index in [2.05, 4.69) is 51.1 Å². The van der Waals surface area contributed by atoms with Gasteiger partial charge in [-0.2, -0.15) is 5.26 Å². The molecule has 2 aromatic rings. The van der Waals surface area contributed by atoms with Gasteiger partial charge in [-0.25, -0.2) is 0 Å². The number of rotatable bonds is 5. The number of benzene rings is 2. The van der Waals surface area contributed by atoms with Crippen molar-refractivity contribution in [3.63, 3.8) is 0 Å². The molecule has 3 heteroatoms. The Kier molecular flexibility index (Phi) is 5.77. The van der Waals surface area contributed by atoms with Crippen molar-refractivity contribution in [2.75, 3.05) is 0 Å². The van der Waals surface area contributed by atoms with E-state index in [4.69, 9.17) is 4.43 Å². The topological polar surface area (TPSA) is 33.0 Å². The molecule has 0 saturated carbocycles. The Labute approximate surface area is 146 Å². The zero-order valence-corrected chi connectivity index (χ0v) is 15.9. The van der Waals surface area contributed by atoms with Crippen LogP contribution < -0.4 is 10.4 Å². The van der Waals surface area contributed by atoms with Crippen LogP contribution in [0.4, 0.5) is 0 Å². The van der Waals surface area contributed by atoms with E-state index < -0.39 is 14.4 Å². The lowest BCUT2D eigenvalue weighted by atomic mass is 10.2. The van der Waals surface area contributed by atoms with Gasteiger partial charge in [-0.05, 0) is 28.4 Å². The van der Waals surface area contributed by atoms with Crippen molar-refractivity contribution < 1.29 is 4.43 Å². The van der Waals surface area contributed by atoms with Crippen molar-refractivity contribution in [2.45, 2.75) is 38.8 Å². The third-order valence-electron chi connectivity index (χ3n) is 4.22. The Balaban J connectivity index is 2.73. The molecule has 2 aromatic carbocycles. The fourth-order valence-electron chi connectivity index (χ4n) is 3.17. The first kappa shape index (κ1) is 18.2. The molecule has 0 amide bonds. The molecule has 0 aliphatic heterocycles. The largest absolute Gasteiger partial charge is 0.389 e. The second kappa shape index (κ2) is 7.61. The van der Waals surface area contributed by atoms with Gasteiger partial charge in [0, 0.05) is 0 Å². The molecule has 0 N–H and O–H groups in total. The Morgan fingerprint density at radius 3 is 1.75 bits per heavy atom. The lowest BCUT2D eigenvalue weighted by molar-refractivity contribution is 0.283. The molecular weight excluding hydrogens is 310 g/mol. The summed E-state index contributed by atoms with van der Waals surface area (Å²) in [5.41, 5.74) is 0. The monoisotopic (exact) mass is 335 g/mol. The molecule has 2 rings (SSSR count). The Morgan fingerprint density at radius 2 is 1.42 bits per heavy atom. The van der Waals surface area contributed by atoms with Gasteiger partial charge in [0.15, 0.2) is 6.10 Å². The second-order valence-corrected chi connectivity index (χ2v) is 11.1. The highest BCUT2D eigenvalue weighted by Crippen LogP contribution is 2.37. The number of nitriles is 1. The number of nitrogens with zero attached hydrogens (tertiary/aromatic N) is 1. The van der Waals surface area contributed by atoms with Crippen molar-refractivity contribution in [1.82, 2.24) is 0 Å². The summed E-state index contributed by atoms with van der Waals surface area (Å²) in [6.45, 7) is 8.55. The molecule has 0 saturated heterocycles. The SMILES string of the molecule is C/C=C/[C@H](C#N)O[Si](c1ccccc1)(c1ccccc1)C(C)(C)C. The van der Waals surface area contributed by atoms with Gasteiger partial charge in [0.25, 0.3) is 8.32 Å². The summed E-state index contributed by atoms with van der Waals surface area (Å²) in [5.74, 6) is 0. The van der Waals surface area contributed by atoms with Gasteiger partial charge in [-0.1, -0.05) is 87.5 Å². The molecular formula is C21H25NOSi. The number of allylic oxidation sites excluding steroid dienone is 1. The minimum absolute atomic E-state index is 0.119. The molecule has 0 bridgehead atoms. The average molecular weight is 336 g/mol. The first-order valence-electron chi connectivity index (χ1n) is 8.27. The van der Waals surface area contributed by atoms with Crippen LogP contribution in [0.1, 0.15) is 27.7 Å². The van der Waals surface area contributed by atoms with Gasteiger partial charge >= 0.3 is 0 Å². The zero-order valence-electron chi connectivity index (χ0n) is 14.9.